The number of nitrogens with zero attached hydrogens (tertiary/aromatic N) is 2. The molecule has 0 aromatic rings. The maximum absolute atomic E-state index is 3.23. The molecule has 0 aromatic heterocycles. The van der Waals surface area contributed by atoms with Crippen LogP contribution in [0.1, 0.15) is 54.4 Å². The zero-order valence-electron chi connectivity index (χ0n) is 17.3. The molecule has 0 N–H and O–H groups in total. The summed E-state index contributed by atoms with van der Waals surface area (Å²) in [6, 6.07) is 0. The van der Waals surface area contributed by atoms with Crippen molar-refractivity contribution in [3.8, 4) is 0 Å². The Hall–Kier alpha value is -0.237. The van der Waals surface area contributed by atoms with E-state index < -0.39 is 20.8 Å². The monoisotopic (exact) mass is 420 g/mol. The van der Waals surface area contributed by atoms with Gasteiger partial charge in [-0.1, -0.05) is 0 Å². The summed E-state index contributed by atoms with van der Waals surface area (Å²) in [5.41, 5.74) is 0. The molecule has 25 heavy (non-hydrogen) atoms. The SMILES string of the molecule is CC[N](CC)[Zr]([N](CC)CC)([C]1(CC)C=CC=C1)[C]1(CC)C=CC=C1. The molecule has 0 spiro atoms. The van der Waals surface area contributed by atoms with E-state index in [-0.39, 0.29) is 6.25 Å². The summed E-state index contributed by atoms with van der Waals surface area (Å²) in [6.45, 7) is 18.9. The third-order valence-electron chi connectivity index (χ3n) is 6.71. The molecule has 0 atom stereocenters. The molecule has 0 fully saturated rings. The van der Waals surface area contributed by atoms with Crippen molar-refractivity contribution in [1.82, 2.24) is 5.69 Å². The van der Waals surface area contributed by atoms with Gasteiger partial charge < -0.3 is 0 Å². The zero-order chi connectivity index (χ0) is 18.6. The molecular weight excluding hydrogens is 383 g/mol. The number of hydrogen-bond donors (Lipinski definition) is 0. The molecule has 0 unspecified atom stereocenters. The Labute approximate surface area is 161 Å². The molecule has 2 aliphatic carbocycles. The second-order valence-electron chi connectivity index (χ2n) is 7.24. The van der Waals surface area contributed by atoms with Gasteiger partial charge in [0.2, 0.25) is 0 Å². The van der Waals surface area contributed by atoms with Gasteiger partial charge in [-0.25, -0.2) is 0 Å². The second kappa shape index (κ2) is 8.63. The van der Waals surface area contributed by atoms with Gasteiger partial charge in [0, 0.05) is 0 Å². The van der Waals surface area contributed by atoms with E-state index in [0.29, 0.717) is 0 Å². The van der Waals surface area contributed by atoms with Gasteiger partial charge >= 0.3 is 162 Å². The van der Waals surface area contributed by atoms with E-state index in [9.17, 15) is 0 Å². The van der Waals surface area contributed by atoms with Crippen LogP contribution in [0.4, 0.5) is 0 Å². The first-order valence-electron chi connectivity index (χ1n) is 10.3. The Morgan fingerprint density at radius 2 is 0.840 bits per heavy atom. The van der Waals surface area contributed by atoms with E-state index in [1.165, 1.54) is 12.8 Å². The topological polar surface area (TPSA) is 6.48 Å². The summed E-state index contributed by atoms with van der Waals surface area (Å²) in [4.78, 5) is 0. The van der Waals surface area contributed by atoms with Crippen molar-refractivity contribution in [2.45, 2.75) is 60.6 Å². The van der Waals surface area contributed by atoms with E-state index in [4.69, 9.17) is 0 Å². The molecule has 2 rings (SSSR count). The molecule has 0 amide bonds. The summed E-state index contributed by atoms with van der Waals surface area (Å²) in [5.74, 6) is 0. The molecule has 0 heterocycles. The van der Waals surface area contributed by atoms with Crippen molar-refractivity contribution in [3.63, 3.8) is 0 Å². The maximum atomic E-state index is 2.94. The molecule has 0 saturated heterocycles. The van der Waals surface area contributed by atoms with E-state index in [2.05, 4.69) is 95.8 Å². The third kappa shape index (κ3) is 2.95. The Bertz CT molecular complexity index is 476. The van der Waals surface area contributed by atoms with Crippen molar-refractivity contribution in [2.75, 3.05) is 26.2 Å². The molecule has 0 radical (unpaired) electrons. The third-order valence-corrected chi connectivity index (χ3v) is 24.1. The van der Waals surface area contributed by atoms with E-state index >= 15 is 0 Å². The average Bonchev–Trinajstić information content (AvgIpc) is 3.33. The van der Waals surface area contributed by atoms with Crippen molar-refractivity contribution in [2.24, 2.45) is 0 Å². The number of hydrogen-bond acceptors (Lipinski definition) is 2. The minimum absolute atomic E-state index is 0.224. The van der Waals surface area contributed by atoms with Crippen LogP contribution < -0.4 is 0 Å². The van der Waals surface area contributed by atoms with Gasteiger partial charge in [-0.15, -0.1) is 0 Å². The summed E-state index contributed by atoms with van der Waals surface area (Å²) in [5, 5.41) is 0. The number of allylic oxidation sites excluding steroid dienone is 8. The van der Waals surface area contributed by atoms with Crippen molar-refractivity contribution >= 4 is 0 Å². The van der Waals surface area contributed by atoms with Gasteiger partial charge in [0.1, 0.15) is 0 Å². The molecular formula is C22H38N2Zr. The fourth-order valence-electron chi connectivity index (χ4n) is 5.62. The predicted molar refractivity (Wildman–Crippen MR) is 108 cm³/mol. The van der Waals surface area contributed by atoms with Crippen LogP contribution in [0.15, 0.2) is 48.6 Å². The second-order valence-corrected chi connectivity index (χ2v) is 18.2. The standard InChI is InChI=1S/2C7H9.2C4H10N.Zr/c2*1-2-7-5-3-4-6-7;2*1-3-5-4-2;/h2*3-6H,2H2,1H3;2*3-4H2,1-2H3;/q;;2*-1;+2. The van der Waals surface area contributed by atoms with Crippen LogP contribution in [0.5, 0.6) is 0 Å². The van der Waals surface area contributed by atoms with Crippen LogP contribution in [0.25, 0.3) is 0 Å². The van der Waals surface area contributed by atoms with Gasteiger partial charge in [0.25, 0.3) is 0 Å². The van der Waals surface area contributed by atoms with Crippen molar-refractivity contribution < 1.29 is 20.8 Å². The molecule has 3 heteroatoms. The summed E-state index contributed by atoms with van der Waals surface area (Å²) < 4.78 is 6.33. The van der Waals surface area contributed by atoms with E-state index in [1.807, 2.05) is 0 Å². The fraction of sp³-hybridized carbons (Fsp3) is 0.636. The Balaban J connectivity index is 2.88. The zero-order valence-corrected chi connectivity index (χ0v) is 19.7. The van der Waals surface area contributed by atoms with Crippen LogP contribution in [-0.2, 0) is 20.8 Å². The van der Waals surface area contributed by atoms with Crippen LogP contribution >= 0.6 is 0 Å². The first-order chi connectivity index (χ1) is 12.1. The Morgan fingerprint density at radius 1 is 0.560 bits per heavy atom. The van der Waals surface area contributed by atoms with Gasteiger partial charge in [0.15, 0.2) is 0 Å². The van der Waals surface area contributed by atoms with Crippen LogP contribution in [0, 0.1) is 0 Å². The molecule has 0 saturated carbocycles. The van der Waals surface area contributed by atoms with Crippen molar-refractivity contribution in [1.29, 1.82) is 0 Å². The molecule has 0 aromatic carbocycles. The first kappa shape index (κ1) is 21.1. The van der Waals surface area contributed by atoms with E-state index in [0.717, 1.165) is 26.2 Å². The van der Waals surface area contributed by atoms with Crippen molar-refractivity contribution in [3.05, 3.63) is 48.6 Å². The molecule has 2 aliphatic rings. The summed E-state index contributed by atoms with van der Waals surface area (Å²) in [7, 11) is 0. The fourth-order valence-corrected chi connectivity index (χ4v) is 24.7. The molecule has 0 bridgehead atoms. The number of rotatable bonds is 10. The molecule has 0 aliphatic heterocycles. The Kier molecular flexibility index (Phi) is 7.28. The quantitative estimate of drug-likeness (QED) is 0.424. The van der Waals surface area contributed by atoms with E-state index in [1.54, 1.807) is 0 Å². The van der Waals surface area contributed by atoms with Gasteiger partial charge in [-0.2, -0.15) is 0 Å². The van der Waals surface area contributed by atoms with Gasteiger partial charge in [-0.3, -0.25) is 0 Å². The van der Waals surface area contributed by atoms with Crippen LogP contribution in [0.3, 0.4) is 0 Å². The Morgan fingerprint density at radius 3 is 1.04 bits per heavy atom. The summed E-state index contributed by atoms with van der Waals surface area (Å²) in [6.07, 6.45) is 21.9. The predicted octanol–water partition coefficient (Wildman–Crippen LogP) is 6.04. The van der Waals surface area contributed by atoms with Crippen LogP contribution in [-0.4, -0.2) is 31.9 Å². The van der Waals surface area contributed by atoms with Gasteiger partial charge in [-0.05, 0) is 0 Å². The van der Waals surface area contributed by atoms with Gasteiger partial charge in [0.05, 0.1) is 0 Å². The molecule has 140 valence electrons. The molecule has 2 nitrogen and oxygen atoms in total. The minimum atomic E-state index is -3.23. The normalized spacial score (nSPS) is 20.5. The average molecular weight is 422 g/mol. The first-order valence-corrected chi connectivity index (χ1v) is 15.0. The van der Waals surface area contributed by atoms with Crippen LogP contribution in [0.2, 0.25) is 6.25 Å². The summed E-state index contributed by atoms with van der Waals surface area (Å²) >= 11 is -3.23.